The average Bonchev–Trinajstić information content (AvgIpc) is 3.34. The Bertz CT molecular complexity index is 1290. The zero-order chi connectivity index (χ0) is 21.3. The van der Waals surface area contributed by atoms with Gasteiger partial charge in [0, 0.05) is 29.1 Å². The van der Waals surface area contributed by atoms with Crippen molar-refractivity contribution in [3.8, 4) is 22.1 Å². The largest absolute Gasteiger partial charge is 0.465 e. The van der Waals surface area contributed by atoms with Crippen molar-refractivity contribution in [2.45, 2.75) is 20.5 Å². The number of carbonyl (C=O) groups is 1. The Labute approximate surface area is 176 Å². The molecule has 0 spiro atoms. The Morgan fingerprint density at radius 1 is 1.17 bits per heavy atom. The van der Waals surface area contributed by atoms with E-state index in [-0.39, 0.29) is 18.1 Å². The molecule has 0 saturated carbocycles. The number of tetrazole rings is 1. The van der Waals surface area contributed by atoms with Gasteiger partial charge in [-0.1, -0.05) is 41.7 Å². The topological polar surface area (TPSA) is 91.9 Å². The minimum absolute atomic E-state index is 0.00916. The lowest BCUT2D eigenvalue weighted by Gasteiger charge is -2.11. The van der Waals surface area contributed by atoms with E-state index in [0.29, 0.717) is 16.4 Å². The molecule has 0 N–H and O–H groups in total. The van der Waals surface area contributed by atoms with Crippen LogP contribution >= 0.6 is 11.3 Å². The minimum Gasteiger partial charge on any atom is -0.465 e. The SMILES string of the molecule is CC(=O)c1cccc(-c2csc(OCc3c(C)cccc3-n3nnn(C)c3=O)n2)c1. The smallest absolute Gasteiger partial charge is 0.368 e. The van der Waals surface area contributed by atoms with Crippen molar-refractivity contribution in [1.29, 1.82) is 0 Å². The first kappa shape index (κ1) is 19.7. The van der Waals surface area contributed by atoms with Crippen LogP contribution in [0.15, 0.2) is 52.6 Å². The maximum Gasteiger partial charge on any atom is 0.368 e. The molecule has 0 fully saturated rings. The summed E-state index contributed by atoms with van der Waals surface area (Å²) in [4.78, 5) is 28.4. The number of hydrogen-bond donors (Lipinski definition) is 0. The summed E-state index contributed by atoms with van der Waals surface area (Å²) in [6.07, 6.45) is 0. The van der Waals surface area contributed by atoms with Crippen molar-refractivity contribution >= 4 is 17.1 Å². The molecular formula is C21H19N5O3S. The molecule has 152 valence electrons. The lowest BCUT2D eigenvalue weighted by atomic mass is 10.1. The summed E-state index contributed by atoms with van der Waals surface area (Å²) in [7, 11) is 1.55. The third-order valence-electron chi connectivity index (χ3n) is 4.72. The van der Waals surface area contributed by atoms with Gasteiger partial charge in [-0.15, -0.1) is 0 Å². The van der Waals surface area contributed by atoms with Crippen LogP contribution in [0.25, 0.3) is 16.9 Å². The van der Waals surface area contributed by atoms with Gasteiger partial charge in [0.2, 0.25) is 0 Å². The summed E-state index contributed by atoms with van der Waals surface area (Å²) < 4.78 is 8.36. The molecule has 0 bridgehead atoms. The van der Waals surface area contributed by atoms with E-state index in [2.05, 4.69) is 15.4 Å². The predicted molar refractivity (Wildman–Crippen MR) is 113 cm³/mol. The van der Waals surface area contributed by atoms with E-state index in [1.165, 1.54) is 27.6 Å². The predicted octanol–water partition coefficient (Wildman–Crippen LogP) is 3.18. The highest BCUT2D eigenvalue weighted by Gasteiger charge is 2.15. The third kappa shape index (κ3) is 3.79. The van der Waals surface area contributed by atoms with Gasteiger partial charge in [-0.3, -0.25) is 4.79 Å². The highest BCUT2D eigenvalue weighted by molar-refractivity contribution is 7.11. The zero-order valence-electron chi connectivity index (χ0n) is 16.7. The van der Waals surface area contributed by atoms with E-state index in [1.54, 1.807) is 13.1 Å². The zero-order valence-corrected chi connectivity index (χ0v) is 17.5. The summed E-state index contributed by atoms with van der Waals surface area (Å²) in [6.45, 7) is 3.71. The van der Waals surface area contributed by atoms with Gasteiger partial charge in [0.15, 0.2) is 5.78 Å². The fourth-order valence-corrected chi connectivity index (χ4v) is 3.70. The monoisotopic (exact) mass is 421 g/mol. The summed E-state index contributed by atoms with van der Waals surface area (Å²) in [5.74, 6) is 0.00916. The van der Waals surface area contributed by atoms with Crippen LogP contribution in [0.4, 0.5) is 0 Å². The van der Waals surface area contributed by atoms with Crippen molar-refractivity contribution < 1.29 is 9.53 Å². The fraction of sp³-hybridized carbons (Fsp3) is 0.190. The van der Waals surface area contributed by atoms with Crippen LogP contribution in [0.3, 0.4) is 0 Å². The highest BCUT2D eigenvalue weighted by atomic mass is 32.1. The molecule has 0 atom stereocenters. The first-order chi connectivity index (χ1) is 14.4. The summed E-state index contributed by atoms with van der Waals surface area (Å²) in [5, 5.41) is 10.1. The molecule has 0 saturated heterocycles. The van der Waals surface area contributed by atoms with Gasteiger partial charge < -0.3 is 4.74 Å². The van der Waals surface area contributed by atoms with E-state index in [4.69, 9.17) is 4.74 Å². The number of Topliss-reactive ketones (excluding diaryl/α,β-unsaturated/α-hetero) is 1. The van der Waals surface area contributed by atoms with Crippen molar-refractivity contribution in [2.24, 2.45) is 7.05 Å². The van der Waals surface area contributed by atoms with Gasteiger partial charge in [-0.05, 0) is 42.0 Å². The quantitative estimate of drug-likeness (QED) is 0.444. The number of thiazole rings is 1. The molecule has 2 heterocycles. The maximum atomic E-state index is 12.3. The van der Waals surface area contributed by atoms with Crippen LogP contribution < -0.4 is 10.4 Å². The first-order valence-electron chi connectivity index (χ1n) is 9.21. The molecule has 0 aliphatic carbocycles. The van der Waals surface area contributed by atoms with Crippen LogP contribution in [0.5, 0.6) is 5.19 Å². The molecule has 8 nitrogen and oxygen atoms in total. The fourth-order valence-electron chi connectivity index (χ4n) is 3.03. The van der Waals surface area contributed by atoms with E-state index >= 15 is 0 Å². The van der Waals surface area contributed by atoms with Crippen LogP contribution in [0.1, 0.15) is 28.4 Å². The number of rotatable bonds is 6. The van der Waals surface area contributed by atoms with Gasteiger partial charge in [-0.2, -0.15) is 9.36 Å². The van der Waals surface area contributed by atoms with Gasteiger partial charge in [0.1, 0.15) is 6.61 Å². The summed E-state index contributed by atoms with van der Waals surface area (Å²) in [5.41, 5.74) is 4.33. The molecular weight excluding hydrogens is 402 g/mol. The second kappa shape index (κ2) is 8.03. The van der Waals surface area contributed by atoms with Gasteiger partial charge >= 0.3 is 5.69 Å². The van der Waals surface area contributed by atoms with Crippen LogP contribution in [0.2, 0.25) is 0 Å². The van der Waals surface area contributed by atoms with Crippen LogP contribution in [0, 0.1) is 6.92 Å². The molecule has 9 heteroatoms. The highest BCUT2D eigenvalue weighted by Crippen LogP contribution is 2.28. The Morgan fingerprint density at radius 2 is 1.97 bits per heavy atom. The Balaban J connectivity index is 1.58. The number of hydrogen-bond acceptors (Lipinski definition) is 7. The molecule has 0 radical (unpaired) electrons. The van der Waals surface area contributed by atoms with E-state index < -0.39 is 0 Å². The van der Waals surface area contributed by atoms with Gasteiger partial charge in [0.05, 0.1) is 11.4 Å². The molecule has 0 aliphatic rings. The minimum atomic E-state index is -0.330. The molecule has 30 heavy (non-hydrogen) atoms. The summed E-state index contributed by atoms with van der Waals surface area (Å²) >= 11 is 1.37. The summed E-state index contributed by atoms with van der Waals surface area (Å²) in [6, 6.07) is 13.0. The van der Waals surface area contributed by atoms with Crippen molar-refractivity contribution in [3.63, 3.8) is 0 Å². The lowest BCUT2D eigenvalue weighted by molar-refractivity contribution is 0.101. The van der Waals surface area contributed by atoms with E-state index in [0.717, 1.165) is 22.4 Å². The van der Waals surface area contributed by atoms with Crippen LogP contribution in [-0.2, 0) is 13.7 Å². The van der Waals surface area contributed by atoms with Crippen molar-refractivity contribution in [1.82, 2.24) is 24.8 Å². The Hall–Kier alpha value is -3.59. The second-order valence-electron chi connectivity index (χ2n) is 6.79. The van der Waals surface area contributed by atoms with E-state index in [9.17, 15) is 9.59 Å². The first-order valence-corrected chi connectivity index (χ1v) is 10.1. The molecule has 4 rings (SSSR count). The van der Waals surface area contributed by atoms with Crippen LogP contribution in [-0.4, -0.2) is 30.6 Å². The number of aromatic nitrogens is 5. The number of ether oxygens (including phenoxy) is 1. The van der Waals surface area contributed by atoms with E-state index in [1.807, 2.05) is 48.7 Å². The average molecular weight is 421 g/mol. The molecule has 0 unspecified atom stereocenters. The molecule has 0 aliphatic heterocycles. The second-order valence-corrected chi connectivity index (χ2v) is 7.61. The molecule has 2 aromatic heterocycles. The standard InChI is InChI=1S/C21H19N5O3S/c1-13-6-4-9-19(26-21(28)25(3)23-24-26)17(13)11-29-20-22-18(12-30-20)16-8-5-7-15(10-16)14(2)27/h4-10,12H,11H2,1-3H3. The maximum absolute atomic E-state index is 12.3. The van der Waals surface area contributed by atoms with Gasteiger partial charge in [0.25, 0.3) is 5.19 Å². The third-order valence-corrected chi connectivity index (χ3v) is 5.48. The number of carbonyl (C=O) groups excluding carboxylic acids is 1. The number of ketones is 1. The van der Waals surface area contributed by atoms with Crippen molar-refractivity contribution in [2.75, 3.05) is 0 Å². The molecule has 2 aromatic carbocycles. The number of benzene rings is 2. The molecule has 4 aromatic rings. The number of aryl methyl sites for hydroxylation is 2. The Morgan fingerprint density at radius 3 is 2.70 bits per heavy atom. The van der Waals surface area contributed by atoms with Gasteiger partial charge in [-0.25, -0.2) is 9.78 Å². The normalized spacial score (nSPS) is 10.9. The Kier molecular flexibility index (Phi) is 5.28. The number of nitrogens with zero attached hydrogens (tertiary/aromatic N) is 5. The lowest BCUT2D eigenvalue weighted by Crippen LogP contribution is -2.23. The molecule has 0 amide bonds. The van der Waals surface area contributed by atoms with Crippen molar-refractivity contribution in [3.05, 3.63) is 75.0 Å².